The third kappa shape index (κ3) is 5.34. The van der Waals surface area contributed by atoms with Crippen LogP contribution in [0.25, 0.3) is 0 Å². The molecule has 254 valence electrons. The van der Waals surface area contributed by atoms with Crippen LogP contribution in [0.3, 0.4) is 0 Å². The fourth-order valence-electron chi connectivity index (χ4n) is 7.64. The summed E-state index contributed by atoms with van der Waals surface area (Å²) < 4.78 is 6.50. The first kappa shape index (κ1) is 33.8. The van der Waals surface area contributed by atoms with Gasteiger partial charge in [0.1, 0.15) is 5.88 Å². The van der Waals surface area contributed by atoms with Crippen LogP contribution < -0.4 is 14.5 Å². The molecule has 0 N–H and O–H groups in total. The molecule has 6 heteroatoms. The first-order valence-corrected chi connectivity index (χ1v) is 16.8. The Balaban J connectivity index is 0.00000392. The van der Waals surface area contributed by atoms with Crippen molar-refractivity contribution < 1.29 is 25.8 Å². The number of aromatic nitrogens is 2. The molecular weight excluding hydrogens is 796 g/mol. The van der Waals surface area contributed by atoms with Crippen LogP contribution in [0, 0.1) is 18.8 Å². The molecule has 0 spiro atoms. The summed E-state index contributed by atoms with van der Waals surface area (Å²) in [4.78, 5) is 13.9. The van der Waals surface area contributed by atoms with Crippen LogP contribution in [-0.4, -0.2) is 17.0 Å². The SMILES string of the molecule is CN1[CH-]N(c2[c-]c(Oc3[c-]c(C4(c5cc(C(C)(C)C)ccn5)c5ccccc5C(C)(C)c5ccccc54)ccc3)ncc2)c2ccccc21.[Pt]. The largest absolute Gasteiger partial charge is 0.504 e. The van der Waals surface area contributed by atoms with Gasteiger partial charge in [-0.3, -0.25) is 9.97 Å². The van der Waals surface area contributed by atoms with Gasteiger partial charge in [-0.05, 0) is 70.7 Å². The van der Waals surface area contributed by atoms with E-state index in [-0.39, 0.29) is 31.9 Å². The van der Waals surface area contributed by atoms with Crippen molar-refractivity contribution in [1.29, 1.82) is 0 Å². The maximum Gasteiger partial charge on any atom is 0.123 e. The van der Waals surface area contributed by atoms with E-state index >= 15 is 0 Å². The second-order valence-corrected chi connectivity index (χ2v) is 14.5. The van der Waals surface area contributed by atoms with E-state index in [2.05, 4.69) is 147 Å². The quantitative estimate of drug-likeness (QED) is 0.162. The van der Waals surface area contributed by atoms with Gasteiger partial charge in [0.25, 0.3) is 0 Å². The van der Waals surface area contributed by atoms with Crippen LogP contribution in [0.4, 0.5) is 17.1 Å². The summed E-state index contributed by atoms with van der Waals surface area (Å²) in [6.45, 7) is 13.4. The van der Waals surface area contributed by atoms with Gasteiger partial charge in [0.15, 0.2) is 0 Å². The number of anilines is 3. The molecule has 8 rings (SSSR count). The third-order valence-electron chi connectivity index (χ3n) is 10.1. The van der Waals surface area contributed by atoms with E-state index in [9.17, 15) is 0 Å². The summed E-state index contributed by atoms with van der Waals surface area (Å²) in [7, 11) is 2.04. The summed E-state index contributed by atoms with van der Waals surface area (Å²) in [5.41, 5.74) is 10.1. The van der Waals surface area contributed by atoms with Gasteiger partial charge in [-0.2, -0.15) is 36.6 Å². The third-order valence-corrected chi connectivity index (χ3v) is 10.1. The van der Waals surface area contributed by atoms with Gasteiger partial charge in [-0.25, -0.2) is 0 Å². The molecule has 0 fully saturated rings. The number of hydrogen-bond donors (Lipinski definition) is 0. The molecule has 0 atom stereocenters. The number of fused-ring (bicyclic) bond motifs is 3. The van der Waals surface area contributed by atoms with Crippen molar-refractivity contribution in [3.8, 4) is 11.6 Å². The molecule has 2 aromatic heterocycles. The first-order valence-electron chi connectivity index (χ1n) is 16.8. The molecule has 4 aromatic carbocycles. The van der Waals surface area contributed by atoms with E-state index in [1.165, 1.54) is 27.8 Å². The molecule has 5 nitrogen and oxygen atoms in total. The Morgan fingerprint density at radius 2 is 1.32 bits per heavy atom. The predicted molar refractivity (Wildman–Crippen MR) is 197 cm³/mol. The molecule has 0 bridgehead atoms. The van der Waals surface area contributed by atoms with E-state index in [4.69, 9.17) is 9.72 Å². The van der Waals surface area contributed by atoms with E-state index in [0.29, 0.717) is 11.6 Å². The molecule has 0 amide bonds. The average Bonchev–Trinajstić information content (AvgIpc) is 3.45. The second kappa shape index (κ2) is 12.5. The zero-order chi connectivity index (χ0) is 34.0. The van der Waals surface area contributed by atoms with Gasteiger partial charge in [-0.15, -0.1) is 17.7 Å². The molecule has 1 aliphatic heterocycles. The number of pyridine rings is 2. The normalized spacial score (nSPS) is 15.4. The monoisotopic (exact) mass is 834 g/mol. The first-order chi connectivity index (χ1) is 23.6. The van der Waals surface area contributed by atoms with Gasteiger partial charge < -0.3 is 14.5 Å². The average molecular weight is 835 g/mol. The summed E-state index contributed by atoms with van der Waals surface area (Å²) in [6, 6.07) is 45.6. The topological polar surface area (TPSA) is 41.5 Å². The number of rotatable bonds is 5. The second-order valence-electron chi connectivity index (χ2n) is 14.5. The number of ether oxygens (including phenoxy) is 1. The van der Waals surface area contributed by atoms with Crippen molar-refractivity contribution in [1.82, 2.24) is 9.97 Å². The Labute approximate surface area is 310 Å². The zero-order valence-electron chi connectivity index (χ0n) is 29.1. The van der Waals surface area contributed by atoms with Crippen LogP contribution in [0.1, 0.15) is 73.7 Å². The van der Waals surface area contributed by atoms with Crippen LogP contribution in [0.15, 0.2) is 122 Å². The maximum absolute atomic E-state index is 6.50. The van der Waals surface area contributed by atoms with E-state index in [1.807, 2.05) is 43.6 Å². The van der Waals surface area contributed by atoms with Crippen LogP contribution >= 0.6 is 0 Å². The maximum atomic E-state index is 6.50. The van der Waals surface area contributed by atoms with Crippen LogP contribution in [0.5, 0.6) is 11.6 Å². The van der Waals surface area contributed by atoms with Gasteiger partial charge in [0.05, 0.1) is 11.1 Å². The molecule has 0 unspecified atom stereocenters. The standard InChI is InChI=1S/C44H39N4O.Pt/c1-42(2,3)30-22-24-45-40(27-30)44(36-18-9-7-16-34(36)43(4,5)35-17-8-10-19-37(35)44)31-14-13-15-33(26-31)49-41-28-32(23-25-46-41)48-29-47(6)38-20-11-12-21-39(38)48;/h7-25,27,29H,1-6H3;/q-3;. The molecule has 0 saturated carbocycles. The smallest absolute Gasteiger partial charge is 0.123 e. The van der Waals surface area contributed by atoms with Gasteiger partial charge in [0, 0.05) is 49.8 Å². The molecular formula is C44H39N4OPt-3. The molecule has 1 aliphatic carbocycles. The van der Waals surface area contributed by atoms with Crippen molar-refractivity contribution in [3.63, 3.8) is 0 Å². The van der Waals surface area contributed by atoms with Crippen molar-refractivity contribution in [2.75, 3.05) is 16.8 Å². The Kier molecular flexibility index (Phi) is 8.47. The van der Waals surface area contributed by atoms with Gasteiger partial charge in [-0.1, -0.05) is 95.3 Å². The molecule has 6 aromatic rings. The molecule has 50 heavy (non-hydrogen) atoms. The van der Waals surface area contributed by atoms with E-state index < -0.39 is 5.41 Å². The van der Waals surface area contributed by atoms with Crippen molar-refractivity contribution in [3.05, 3.63) is 179 Å². The minimum Gasteiger partial charge on any atom is -0.504 e. The van der Waals surface area contributed by atoms with E-state index in [1.54, 1.807) is 6.20 Å². The molecule has 0 radical (unpaired) electrons. The van der Waals surface area contributed by atoms with Crippen molar-refractivity contribution >= 4 is 17.1 Å². The fourth-order valence-corrected chi connectivity index (χ4v) is 7.64. The summed E-state index contributed by atoms with van der Waals surface area (Å²) in [5.74, 6) is 0.936. The van der Waals surface area contributed by atoms with Crippen molar-refractivity contribution in [2.45, 2.75) is 50.9 Å². The minimum absolute atomic E-state index is 0. The van der Waals surface area contributed by atoms with E-state index in [0.717, 1.165) is 28.3 Å². The minimum atomic E-state index is -0.749. The number of para-hydroxylation sites is 2. The summed E-state index contributed by atoms with van der Waals surface area (Å²) >= 11 is 0. The molecule has 3 heterocycles. The van der Waals surface area contributed by atoms with Crippen LogP contribution in [-0.2, 0) is 37.3 Å². The summed E-state index contributed by atoms with van der Waals surface area (Å²) in [6.07, 6.45) is 3.72. The Morgan fingerprint density at radius 1 is 0.700 bits per heavy atom. The number of hydrogen-bond acceptors (Lipinski definition) is 5. The van der Waals surface area contributed by atoms with Gasteiger partial charge in [0.2, 0.25) is 0 Å². The number of benzene rings is 4. The molecule has 2 aliphatic rings. The van der Waals surface area contributed by atoms with Gasteiger partial charge >= 0.3 is 0 Å². The van der Waals surface area contributed by atoms with Crippen molar-refractivity contribution in [2.24, 2.45) is 0 Å². The number of nitrogens with zero attached hydrogens (tertiary/aromatic N) is 4. The molecule has 0 saturated heterocycles. The predicted octanol–water partition coefficient (Wildman–Crippen LogP) is 9.89. The zero-order valence-corrected chi connectivity index (χ0v) is 31.4. The Hall–Kier alpha value is -4.73. The fraction of sp³-hybridized carbons (Fsp3) is 0.205. The Bertz CT molecular complexity index is 2150. The Morgan fingerprint density at radius 3 is 2.00 bits per heavy atom. The summed E-state index contributed by atoms with van der Waals surface area (Å²) in [5, 5.41) is 0. The van der Waals surface area contributed by atoms with Crippen LogP contribution in [0.2, 0.25) is 0 Å².